The fourth-order valence-corrected chi connectivity index (χ4v) is 1.34. The molecule has 6 nitrogen and oxygen atoms in total. The van der Waals surface area contributed by atoms with Crippen LogP contribution in [-0.2, 0) is 4.79 Å². The number of nitro groups is 1. The van der Waals surface area contributed by atoms with Crippen molar-refractivity contribution < 1.29 is 9.72 Å². The molecule has 0 bridgehead atoms. The second kappa shape index (κ2) is 5.95. The smallest absolute Gasteiger partial charge is 0.292 e. The summed E-state index contributed by atoms with van der Waals surface area (Å²) in [6.45, 7) is 4.50. The summed E-state index contributed by atoms with van der Waals surface area (Å²) in [5, 5.41) is 16.1. The number of hydrogen-bond acceptors (Lipinski definition) is 4. The highest BCUT2D eigenvalue weighted by Crippen LogP contribution is 2.24. The quantitative estimate of drug-likeness (QED) is 0.599. The fourth-order valence-electron chi connectivity index (χ4n) is 1.34. The first-order valence-electron chi connectivity index (χ1n) is 5.30. The van der Waals surface area contributed by atoms with E-state index in [1.807, 2.05) is 13.8 Å². The van der Waals surface area contributed by atoms with E-state index < -0.39 is 4.92 Å². The van der Waals surface area contributed by atoms with Crippen LogP contribution in [0.5, 0.6) is 0 Å². The van der Waals surface area contributed by atoms with Crippen LogP contribution in [0.1, 0.15) is 12.5 Å². The maximum absolute atomic E-state index is 11.5. The van der Waals surface area contributed by atoms with Gasteiger partial charge in [0, 0.05) is 6.07 Å². The normalized spacial score (nSPS) is 10.0. The molecule has 0 heterocycles. The van der Waals surface area contributed by atoms with Gasteiger partial charge < -0.3 is 10.6 Å². The van der Waals surface area contributed by atoms with Crippen molar-refractivity contribution in [3.05, 3.63) is 33.9 Å². The highest BCUT2D eigenvalue weighted by molar-refractivity contribution is 5.94. The van der Waals surface area contributed by atoms with Crippen LogP contribution in [0.4, 0.5) is 11.4 Å². The number of benzene rings is 1. The first kappa shape index (κ1) is 13.1. The molecule has 0 unspecified atom stereocenters. The standard InChI is InChI=1S/C11H15N3O3/c1-3-12-7-11(15)13-9-6-8(2)4-5-10(9)14(16)17/h4-6,12H,3,7H2,1-2H3,(H,13,15). The number of hydrogen-bond donors (Lipinski definition) is 2. The lowest BCUT2D eigenvalue weighted by atomic mass is 10.2. The second-order valence-electron chi connectivity index (χ2n) is 3.61. The van der Waals surface area contributed by atoms with Crippen LogP contribution in [0.2, 0.25) is 0 Å². The number of likely N-dealkylation sites (N-methyl/N-ethyl adjacent to an activating group) is 1. The molecular formula is C11H15N3O3. The summed E-state index contributed by atoms with van der Waals surface area (Å²) in [5.41, 5.74) is 0.993. The Labute approximate surface area is 99.2 Å². The SMILES string of the molecule is CCNCC(=O)Nc1cc(C)ccc1[N+](=O)[O-]. The van der Waals surface area contributed by atoms with E-state index >= 15 is 0 Å². The summed E-state index contributed by atoms with van der Waals surface area (Å²) in [6, 6.07) is 4.61. The van der Waals surface area contributed by atoms with E-state index in [4.69, 9.17) is 0 Å². The molecule has 0 radical (unpaired) electrons. The molecule has 1 amide bonds. The van der Waals surface area contributed by atoms with E-state index in [1.54, 1.807) is 12.1 Å². The molecule has 0 aromatic heterocycles. The van der Waals surface area contributed by atoms with Gasteiger partial charge in [0.25, 0.3) is 5.69 Å². The third-order valence-electron chi connectivity index (χ3n) is 2.16. The highest BCUT2D eigenvalue weighted by atomic mass is 16.6. The molecule has 1 aromatic rings. The molecule has 1 aromatic carbocycles. The Hall–Kier alpha value is -1.95. The monoisotopic (exact) mass is 237 g/mol. The van der Waals surface area contributed by atoms with E-state index in [0.29, 0.717) is 6.54 Å². The summed E-state index contributed by atoms with van der Waals surface area (Å²) in [6.07, 6.45) is 0. The minimum Gasteiger partial charge on any atom is -0.319 e. The largest absolute Gasteiger partial charge is 0.319 e. The van der Waals surface area contributed by atoms with Crippen molar-refractivity contribution in [2.75, 3.05) is 18.4 Å². The molecule has 0 aliphatic heterocycles. The number of carbonyl (C=O) groups is 1. The number of nitro benzene ring substituents is 1. The van der Waals surface area contributed by atoms with Gasteiger partial charge in [-0.3, -0.25) is 14.9 Å². The van der Waals surface area contributed by atoms with Crippen LogP contribution in [0.25, 0.3) is 0 Å². The van der Waals surface area contributed by atoms with Crippen molar-refractivity contribution in [2.24, 2.45) is 0 Å². The Kier molecular flexibility index (Phi) is 4.59. The molecule has 0 saturated carbocycles. The van der Waals surface area contributed by atoms with Gasteiger partial charge in [-0.2, -0.15) is 0 Å². The van der Waals surface area contributed by atoms with Crippen LogP contribution in [0.15, 0.2) is 18.2 Å². The molecule has 0 spiro atoms. The Morgan fingerprint density at radius 3 is 2.76 bits per heavy atom. The van der Waals surface area contributed by atoms with Gasteiger partial charge in [-0.25, -0.2) is 0 Å². The van der Waals surface area contributed by atoms with Crippen molar-refractivity contribution in [2.45, 2.75) is 13.8 Å². The van der Waals surface area contributed by atoms with Gasteiger partial charge in [-0.15, -0.1) is 0 Å². The van der Waals surface area contributed by atoms with Gasteiger partial charge in [-0.1, -0.05) is 13.0 Å². The van der Waals surface area contributed by atoms with Crippen molar-refractivity contribution in [1.82, 2.24) is 5.32 Å². The Bertz CT molecular complexity index is 432. The topological polar surface area (TPSA) is 84.3 Å². The second-order valence-corrected chi connectivity index (χ2v) is 3.61. The van der Waals surface area contributed by atoms with Crippen molar-refractivity contribution in [3.63, 3.8) is 0 Å². The van der Waals surface area contributed by atoms with Crippen LogP contribution >= 0.6 is 0 Å². The van der Waals surface area contributed by atoms with Gasteiger partial charge in [-0.05, 0) is 25.1 Å². The summed E-state index contributed by atoms with van der Waals surface area (Å²) >= 11 is 0. The first-order valence-corrected chi connectivity index (χ1v) is 5.30. The van der Waals surface area contributed by atoms with Crippen molar-refractivity contribution >= 4 is 17.3 Å². The highest BCUT2D eigenvalue weighted by Gasteiger charge is 2.15. The third-order valence-corrected chi connectivity index (χ3v) is 2.16. The summed E-state index contributed by atoms with van der Waals surface area (Å²) in [7, 11) is 0. The maximum Gasteiger partial charge on any atom is 0.292 e. The number of nitrogens with zero attached hydrogens (tertiary/aromatic N) is 1. The first-order chi connectivity index (χ1) is 8.04. The molecule has 92 valence electrons. The molecule has 0 saturated heterocycles. The van der Waals surface area contributed by atoms with Gasteiger partial charge >= 0.3 is 0 Å². The minimum atomic E-state index is -0.512. The fraction of sp³-hybridized carbons (Fsp3) is 0.364. The Balaban J connectivity index is 2.85. The Morgan fingerprint density at radius 1 is 1.47 bits per heavy atom. The van der Waals surface area contributed by atoms with E-state index in [-0.39, 0.29) is 23.8 Å². The van der Waals surface area contributed by atoms with E-state index in [0.717, 1.165) is 5.56 Å². The molecule has 2 N–H and O–H groups in total. The Morgan fingerprint density at radius 2 is 2.18 bits per heavy atom. The van der Waals surface area contributed by atoms with Gasteiger partial charge in [0.05, 0.1) is 11.5 Å². The lowest BCUT2D eigenvalue weighted by molar-refractivity contribution is -0.383. The molecule has 1 rings (SSSR count). The number of amides is 1. The van der Waals surface area contributed by atoms with E-state index in [2.05, 4.69) is 10.6 Å². The predicted molar refractivity (Wildman–Crippen MR) is 65.0 cm³/mol. The molecule has 0 fully saturated rings. The number of anilines is 1. The summed E-state index contributed by atoms with van der Waals surface area (Å²) in [5.74, 6) is -0.291. The lowest BCUT2D eigenvalue weighted by Crippen LogP contribution is -2.28. The van der Waals surface area contributed by atoms with Crippen LogP contribution in [0.3, 0.4) is 0 Å². The minimum absolute atomic E-state index is 0.0968. The van der Waals surface area contributed by atoms with Crippen LogP contribution < -0.4 is 10.6 Å². The molecular weight excluding hydrogens is 222 g/mol. The molecule has 0 aliphatic rings. The van der Waals surface area contributed by atoms with E-state index in [1.165, 1.54) is 6.07 Å². The number of aryl methyl sites for hydroxylation is 1. The zero-order valence-corrected chi connectivity index (χ0v) is 9.82. The molecule has 0 atom stereocenters. The molecule has 6 heteroatoms. The summed E-state index contributed by atoms with van der Waals surface area (Å²) < 4.78 is 0. The van der Waals surface area contributed by atoms with Crippen LogP contribution in [-0.4, -0.2) is 23.9 Å². The maximum atomic E-state index is 11.5. The van der Waals surface area contributed by atoms with Gasteiger partial charge in [0.2, 0.25) is 5.91 Å². The predicted octanol–water partition coefficient (Wildman–Crippen LogP) is 1.45. The average molecular weight is 237 g/mol. The summed E-state index contributed by atoms with van der Waals surface area (Å²) in [4.78, 5) is 21.7. The van der Waals surface area contributed by atoms with Gasteiger partial charge in [0.15, 0.2) is 0 Å². The van der Waals surface area contributed by atoms with Crippen LogP contribution in [0, 0.1) is 17.0 Å². The molecule has 0 aliphatic carbocycles. The number of carbonyl (C=O) groups excluding carboxylic acids is 1. The zero-order chi connectivity index (χ0) is 12.8. The average Bonchev–Trinajstić information content (AvgIpc) is 2.26. The third kappa shape index (κ3) is 3.84. The number of rotatable bonds is 5. The van der Waals surface area contributed by atoms with Crippen molar-refractivity contribution in [3.8, 4) is 0 Å². The molecule has 17 heavy (non-hydrogen) atoms. The number of nitrogens with one attached hydrogen (secondary N) is 2. The lowest BCUT2D eigenvalue weighted by Gasteiger charge is -2.07. The zero-order valence-electron chi connectivity index (χ0n) is 9.82. The van der Waals surface area contributed by atoms with E-state index in [9.17, 15) is 14.9 Å². The van der Waals surface area contributed by atoms with Gasteiger partial charge in [0.1, 0.15) is 5.69 Å². The van der Waals surface area contributed by atoms with Crippen molar-refractivity contribution in [1.29, 1.82) is 0 Å².